The third-order valence-electron chi connectivity index (χ3n) is 4.22. The summed E-state index contributed by atoms with van der Waals surface area (Å²) in [6.07, 6.45) is 2.61. The number of anilines is 1. The first-order valence-electron chi connectivity index (χ1n) is 9.12. The number of nitrogens with zero attached hydrogens (tertiary/aromatic N) is 1. The van der Waals surface area contributed by atoms with Crippen LogP contribution in [0.15, 0.2) is 53.5 Å². The van der Waals surface area contributed by atoms with Gasteiger partial charge in [0.1, 0.15) is 6.54 Å². The minimum absolute atomic E-state index is 0. The van der Waals surface area contributed by atoms with E-state index in [0.717, 1.165) is 24.9 Å². The average Bonchev–Trinajstić information content (AvgIpc) is 2.67. The number of guanidine groups is 1. The van der Waals surface area contributed by atoms with Gasteiger partial charge in [0.15, 0.2) is 5.96 Å². The number of aryl methyl sites for hydroxylation is 2. The van der Waals surface area contributed by atoms with E-state index in [9.17, 15) is 4.79 Å². The minimum atomic E-state index is -0.134. The molecule has 5 nitrogen and oxygen atoms in total. The Hall–Kier alpha value is -2.09. The Morgan fingerprint density at radius 2 is 1.63 bits per heavy atom. The molecule has 0 saturated heterocycles. The van der Waals surface area contributed by atoms with Crippen LogP contribution in [0.4, 0.5) is 5.69 Å². The molecule has 2 rings (SSSR count). The van der Waals surface area contributed by atoms with Crippen LogP contribution in [0.2, 0.25) is 0 Å². The maximum Gasteiger partial charge on any atom is 0.241 e. The number of benzene rings is 2. The van der Waals surface area contributed by atoms with E-state index in [1.165, 1.54) is 16.7 Å². The van der Waals surface area contributed by atoms with Crippen molar-refractivity contribution in [3.8, 4) is 0 Å². The van der Waals surface area contributed by atoms with Gasteiger partial charge in [-0.3, -0.25) is 4.79 Å². The molecule has 146 valence electrons. The molecule has 0 unspecified atom stereocenters. The highest BCUT2D eigenvalue weighted by Crippen LogP contribution is 2.22. The van der Waals surface area contributed by atoms with E-state index in [4.69, 9.17) is 5.73 Å². The van der Waals surface area contributed by atoms with E-state index in [1.807, 2.05) is 30.3 Å². The molecule has 27 heavy (non-hydrogen) atoms. The second kappa shape index (κ2) is 12.3. The highest BCUT2D eigenvalue weighted by atomic mass is 127. The normalized spacial score (nSPS) is 10.8. The second-order valence-electron chi connectivity index (χ2n) is 6.07. The number of hydrogen-bond donors (Lipinski definition) is 3. The number of amides is 1. The number of rotatable bonds is 8. The standard InChI is InChI=1S/C21H28N4O.HI/c1-3-17-11-8-12-18(4-2)20(17)25-21(22)24-15-19(26)23-14-13-16-9-6-5-7-10-16;/h5-12H,3-4,13-15H2,1-2H3,(H,23,26)(H3,22,24,25);1H. The first kappa shape index (κ1) is 23.0. The minimum Gasteiger partial charge on any atom is -0.370 e. The monoisotopic (exact) mass is 480 g/mol. The summed E-state index contributed by atoms with van der Waals surface area (Å²) in [5.41, 5.74) is 10.6. The number of para-hydroxylation sites is 1. The van der Waals surface area contributed by atoms with Gasteiger partial charge in [0.25, 0.3) is 0 Å². The van der Waals surface area contributed by atoms with Crippen LogP contribution in [0.1, 0.15) is 30.5 Å². The summed E-state index contributed by atoms with van der Waals surface area (Å²) in [5.74, 6) is 0.129. The predicted octanol–water partition coefficient (Wildman–Crippen LogP) is 3.51. The van der Waals surface area contributed by atoms with E-state index in [-0.39, 0.29) is 42.4 Å². The number of carbonyl (C=O) groups excluding carboxylic acids is 1. The molecule has 2 aromatic rings. The van der Waals surface area contributed by atoms with Gasteiger partial charge in [0, 0.05) is 12.2 Å². The number of nitrogens with two attached hydrogens (primary N) is 1. The van der Waals surface area contributed by atoms with Gasteiger partial charge in [-0.25, -0.2) is 4.99 Å². The van der Waals surface area contributed by atoms with Crippen LogP contribution in [-0.4, -0.2) is 25.0 Å². The molecule has 0 bridgehead atoms. The zero-order valence-corrected chi connectivity index (χ0v) is 18.3. The van der Waals surface area contributed by atoms with Gasteiger partial charge in [0.05, 0.1) is 0 Å². The van der Waals surface area contributed by atoms with Crippen LogP contribution < -0.4 is 16.4 Å². The smallest absolute Gasteiger partial charge is 0.241 e. The molecule has 2 aromatic carbocycles. The topological polar surface area (TPSA) is 79.5 Å². The first-order chi connectivity index (χ1) is 12.6. The maximum atomic E-state index is 11.9. The van der Waals surface area contributed by atoms with Crippen molar-refractivity contribution >= 4 is 41.5 Å². The van der Waals surface area contributed by atoms with E-state index < -0.39 is 0 Å². The molecule has 0 spiro atoms. The van der Waals surface area contributed by atoms with Gasteiger partial charge in [0.2, 0.25) is 5.91 Å². The summed E-state index contributed by atoms with van der Waals surface area (Å²) >= 11 is 0. The summed E-state index contributed by atoms with van der Waals surface area (Å²) in [6.45, 7) is 4.81. The lowest BCUT2D eigenvalue weighted by molar-refractivity contribution is -0.119. The molecule has 1 amide bonds. The Bertz CT molecular complexity index is 725. The van der Waals surface area contributed by atoms with Crippen LogP contribution in [0.25, 0.3) is 0 Å². The fourth-order valence-electron chi connectivity index (χ4n) is 2.77. The zero-order valence-electron chi connectivity index (χ0n) is 16.0. The summed E-state index contributed by atoms with van der Waals surface area (Å²) in [4.78, 5) is 16.1. The molecule has 0 aromatic heterocycles. The number of nitrogens with one attached hydrogen (secondary N) is 2. The van der Waals surface area contributed by atoms with Crippen LogP contribution >= 0.6 is 24.0 Å². The third-order valence-corrected chi connectivity index (χ3v) is 4.22. The van der Waals surface area contributed by atoms with Gasteiger partial charge in [-0.1, -0.05) is 62.4 Å². The molecule has 0 aliphatic rings. The Morgan fingerprint density at radius 1 is 1.00 bits per heavy atom. The predicted molar refractivity (Wildman–Crippen MR) is 124 cm³/mol. The lowest BCUT2D eigenvalue weighted by Crippen LogP contribution is -2.30. The summed E-state index contributed by atoms with van der Waals surface area (Å²) in [7, 11) is 0. The molecule has 0 atom stereocenters. The van der Waals surface area contributed by atoms with Crippen LogP contribution in [-0.2, 0) is 24.1 Å². The molecule has 0 saturated carbocycles. The summed E-state index contributed by atoms with van der Waals surface area (Å²) < 4.78 is 0. The van der Waals surface area contributed by atoms with Gasteiger partial charge in [-0.2, -0.15) is 0 Å². The van der Waals surface area contributed by atoms with Crippen molar-refractivity contribution in [3.63, 3.8) is 0 Å². The fraction of sp³-hybridized carbons (Fsp3) is 0.333. The molecular weight excluding hydrogens is 451 g/mol. The molecular formula is C21H29IN4O. The molecule has 4 N–H and O–H groups in total. The second-order valence-corrected chi connectivity index (χ2v) is 6.07. The van der Waals surface area contributed by atoms with E-state index >= 15 is 0 Å². The molecule has 0 aliphatic heterocycles. The van der Waals surface area contributed by atoms with Crippen molar-refractivity contribution in [1.29, 1.82) is 0 Å². The quantitative estimate of drug-likeness (QED) is 0.308. The van der Waals surface area contributed by atoms with Crippen LogP contribution in [0, 0.1) is 0 Å². The van der Waals surface area contributed by atoms with Crippen LogP contribution in [0.3, 0.4) is 0 Å². The SMILES string of the molecule is CCc1cccc(CC)c1NC(N)=NCC(=O)NCCc1ccccc1.I. The number of halogens is 1. The summed E-state index contributed by atoms with van der Waals surface area (Å²) in [6, 6.07) is 16.3. The molecule has 6 heteroatoms. The Morgan fingerprint density at radius 3 is 2.22 bits per heavy atom. The molecule has 0 aliphatic carbocycles. The highest BCUT2D eigenvalue weighted by Gasteiger charge is 2.07. The van der Waals surface area contributed by atoms with E-state index in [1.54, 1.807) is 0 Å². The van der Waals surface area contributed by atoms with E-state index in [2.05, 4.69) is 47.7 Å². The van der Waals surface area contributed by atoms with Gasteiger partial charge >= 0.3 is 0 Å². The van der Waals surface area contributed by atoms with Crippen molar-refractivity contribution < 1.29 is 4.79 Å². The average molecular weight is 480 g/mol. The van der Waals surface area contributed by atoms with E-state index in [0.29, 0.717) is 6.54 Å². The highest BCUT2D eigenvalue weighted by molar-refractivity contribution is 14.0. The largest absolute Gasteiger partial charge is 0.370 e. The van der Waals surface area contributed by atoms with Gasteiger partial charge < -0.3 is 16.4 Å². The molecule has 0 fully saturated rings. The van der Waals surface area contributed by atoms with Gasteiger partial charge in [-0.15, -0.1) is 24.0 Å². The lowest BCUT2D eigenvalue weighted by atomic mass is 10.0. The Balaban J connectivity index is 0.00000364. The number of hydrogen-bond acceptors (Lipinski definition) is 2. The van der Waals surface area contributed by atoms with Crippen molar-refractivity contribution in [1.82, 2.24) is 5.32 Å². The lowest BCUT2D eigenvalue weighted by Gasteiger charge is -2.14. The molecule has 0 heterocycles. The zero-order chi connectivity index (χ0) is 18.8. The Kier molecular flexibility index (Phi) is 10.5. The first-order valence-corrected chi connectivity index (χ1v) is 9.12. The molecule has 0 radical (unpaired) electrons. The van der Waals surface area contributed by atoms with Crippen molar-refractivity contribution in [2.75, 3.05) is 18.4 Å². The third kappa shape index (κ3) is 7.58. The van der Waals surface area contributed by atoms with Crippen molar-refractivity contribution in [2.45, 2.75) is 33.1 Å². The fourth-order valence-corrected chi connectivity index (χ4v) is 2.77. The van der Waals surface area contributed by atoms with Crippen molar-refractivity contribution in [3.05, 3.63) is 65.2 Å². The number of carbonyl (C=O) groups is 1. The number of aliphatic imine (C=N–C) groups is 1. The van der Waals surface area contributed by atoms with Crippen LogP contribution in [0.5, 0.6) is 0 Å². The Labute approximate surface area is 178 Å². The van der Waals surface area contributed by atoms with Gasteiger partial charge in [-0.05, 0) is 36.0 Å². The summed E-state index contributed by atoms with van der Waals surface area (Å²) in [5, 5.41) is 6.03. The maximum absolute atomic E-state index is 11.9. The van der Waals surface area contributed by atoms with Crippen molar-refractivity contribution in [2.24, 2.45) is 10.7 Å².